The van der Waals surface area contributed by atoms with Crippen LogP contribution in [-0.2, 0) is 9.53 Å². The van der Waals surface area contributed by atoms with Crippen LogP contribution in [0.3, 0.4) is 0 Å². The number of nitrogens with zero attached hydrogens (tertiary/aromatic N) is 1. The summed E-state index contributed by atoms with van der Waals surface area (Å²) in [5, 5.41) is 0. The van der Waals surface area contributed by atoms with Gasteiger partial charge in [-0.25, -0.2) is 4.79 Å². The first-order valence-electron chi connectivity index (χ1n) is 7.81. The van der Waals surface area contributed by atoms with E-state index in [-0.39, 0.29) is 24.1 Å². The molecule has 0 aromatic heterocycles. The maximum Gasteiger partial charge on any atom is 0.340 e. The van der Waals surface area contributed by atoms with Crippen molar-refractivity contribution in [2.24, 2.45) is 0 Å². The summed E-state index contributed by atoms with van der Waals surface area (Å²) in [5.41, 5.74) is 8.11. The molecule has 24 heavy (non-hydrogen) atoms. The molecule has 2 N–H and O–H groups in total. The van der Waals surface area contributed by atoms with Crippen molar-refractivity contribution in [3.63, 3.8) is 0 Å². The number of hydrogen-bond acceptors (Lipinski definition) is 4. The molecule has 0 aliphatic carbocycles. The van der Waals surface area contributed by atoms with Gasteiger partial charge in [0.2, 0.25) is 0 Å². The van der Waals surface area contributed by atoms with Crippen LogP contribution in [0.2, 0.25) is 0 Å². The van der Waals surface area contributed by atoms with Crippen molar-refractivity contribution >= 4 is 23.3 Å². The normalized spacial score (nSPS) is 10.5. The molecule has 0 aliphatic rings. The van der Waals surface area contributed by atoms with Crippen LogP contribution in [0.1, 0.15) is 29.8 Å². The largest absolute Gasteiger partial charge is 0.452 e. The van der Waals surface area contributed by atoms with Crippen molar-refractivity contribution in [3.05, 3.63) is 59.7 Å². The molecular weight excluding hydrogens is 304 g/mol. The third kappa shape index (κ3) is 3.93. The Hall–Kier alpha value is -2.82. The zero-order valence-electron chi connectivity index (χ0n) is 14.2. The Bertz CT molecular complexity index is 727. The Labute approximate surface area is 142 Å². The lowest BCUT2D eigenvalue weighted by molar-refractivity contribution is -0.122. The van der Waals surface area contributed by atoms with Crippen LogP contribution < -0.4 is 10.6 Å². The number of nitrogens with two attached hydrogens (primary N) is 1. The van der Waals surface area contributed by atoms with E-state index in [1.54, 1.807) is 17.0 Å². The van der Waals surface area contributed by atoms with Crippen LogP contribution in [0, 0.1) is 6.92 Å². The van der Waals surface area contributed by atoms with E-state index in [2.05, 4.69) is 0 Å². The highest BCUT2D eigenvalue weighted by Crippen LogP contribution is 2.19. The fraction of sp³-hybridized carbons (Fsp3) is 0.263. The molecule has 0 aliphatic heterocycles. The van der Waals surface area contributed by atoms with Gasteiger partial charge in [-0.1, -0.05) is 30.3 Å². The van der Waals surface area contributed by atoms with Gasteiger partial charge in [0.25, 0.3) is 5.91 Å². The molecule has 0 bridgehead atoms. The lowest BCUT2D eigenvalue weighted by Gasteiger charge is -2.26. The molecule has 2 aromatic carbocycles. The first-order valence-corrected chi connectivity index (χ1v) is 7.81. The number of para-hydroxylation sites is 2. The fourth-order valence-electron chi connectivity index (χ4n) is 2.45. The number of aryl methyl sites for hydroxylation is 1. The van der Waals surface area contributed by atoms with E-state index in [0.717, 1.165) is 11.3 Å². The van der Waals surface area contributed by atoms with Crippen molar-refractivity contribution in [2.75, 3.05) is 17.2 Å². The number of nitrogen functional groups attached to an aromatic ring is 1. The van der Waals surface area contributed by atoms with Crippen LogP contribution in [0.5, 0.6) is 0 Å². The van der Waals surface area contributed by atoms with Gasteiger partial charge in [-0.3, -0.25) is 4.79 Å². The number of carbonyl (C=O) groups is 2. The second-order valence-electron chi connectivity index (χ2n) is 5.81. The number of carbonyl (C=O) groups excluding carboxylic acids is 2. The van der Waals surface area contributed by atoms with Crippen LogP contribution >= 0.6 is 0 Å². The van der Waals surface area contributed by atoms with Gasteiger partial charge in [-0.05, 0) is 44.5 Å². The van der Waals surface area contributed by atoms with Gasteiger partial charge < -0.3 is 15.4 Å². The minimum atomic E-state index is -0.596. The van der Waals surface area contributed by atoms with E-state index in [9.17, 15) is 9.59 Å². The predicted octanol–water partition coefficient (Wildman–Crippen LogP) is 3.18. The third-order valence-corrected chi connectivity index (χ3v) is 3.69. The fourth-order valence-corrected chi connectivity index (χ4v) is 2.45. The molecule has 0 spiro atoms. The van der Waals surface area contributed by atoms with Crippen molar-refractivity contribution in [2.45, 2.75) is 26.8 Å². The molecule has 0 atom stereocenters. The number of hydrogen-bond donors (Lipinski definition) is 1. The van der Waals surface area contributed by atoms with Gasteiger partial charge >= 0.3 is 5.97 Å². The zero-order valence-corrected chi connectivity index (χ0v) is 14.2. The summed E-state index contributed by atoms with van der Waals surface area (Å²) in [6.07, 6.45) is 0. The highest BCUT2D eigenvalue weighted by Gasteiger charge is 2.21. The Morgan fingerprint density at radius 2 is 1.75 bits per heavy atom. The van der Waals surface area contributed by atoms with Crippen molar-refractivity contribution in [3.8, 4) is 0 Å². The van der Waals surface area contributed by atoms with Crippen LogP contribution in [0.25, 0.3) is 0 Å². The van der Waals surface area contributed by atoms with Gasteiger partial charge in [-0.2, -0.15) is 0 Å². The maximum absolute atomic E-state index is 12.5. The van der Waals surface area contributed by atoms with Gasteiger partial charge in [0.1, 0.15) is 0 Å². The van der Waals surface area contributed by atoms with Gasteiger partial charge in [0, 0.05) is 17.4 Å². The molecule has 2 aromatic rings. The second kappa shape index (κ2) is 7.64. The highest BCUT2D eigenvalue weighted by molar-refractivity contribution is 5.99. The maximum atomic E-state index is 12.5. The monoisotopic (exact) mass is 326 g/mol. The Morgan fingerprint density at radius 3 is 2.38 bits per heavy atom. The third-order valence-electron chi connectivity index (χ3n) is 3.69. The number of amides is 1. The molecule has 126 valence electrons. The van der Waals surface area contributed by atoms with Gasteiger partial charge in [-0.15, -0.1) is 0 Å². The van der Waals surface area contributed by atoms with E-state index in [0.29, 0.717) is 5.69 Å². The molecular formula is C19H22N2O3. The van der Waals surface area contributed by atoms with Crippen LogP contribution in [-0.4, -0.2) is 24.5 Å². The summed E-state index contributed by atoms with van der Waals surface area (Å²) in [6.45, 7) is 5.29. The number of rotatable bonds is 5. The van der Waals surface area contributed by atoms with E-state index in [1.807, 2.05) is 57.2 Å². The molecule has 5 heteroatoms. The number of anilines is 2. The molecule has 0 heterocycles. The summed E-state index contributed by atoms with van der Waals surface area (Å²) in [4.78, 5) is 26.3. The standard InChI is InChI=1S/C19H22N2O3/c1-13(2)21(15-9-5-4-6-10-15)17(22)12-24-19(23)16-11-7-8-14(3)18(16)20/h4-11,13H,12,20H2,1-3H3. The average molecular weight is 326 g/mol. The van der Waals surface area contributed by atoms with Crippen molar-refractivity contribution < 1.29 is 14.3 Å². The zero-order chi connectivity index (χ0) is 17.7. The molecule has 0 radical (unpaired) electrons. The summed E-state index contributed by atoms with van der Waals surface area (Å²) in [6, 6.07) is 14.4. The Morgan fingerprint density at radius 1 is 1.08 bits per heavy atom. The molecule has 0 unspecified atom stereocenters. The van der Waals surface area contributed by atoms with Gasteiger partial charge in [0.05, 0.1) is 5.56 Å². The van der Waals surface area contributed by atoms with E-state index >= 15 is 0 Å². The van der Waals surface area contributed by atoms with Crippen LogP contribution in [0.4, 0.5) is 11.4 Å². The molecule has 1 amide bonds. The lowest BCUT2D eigenvalue weighted by Crippen LogP contribution is -2.39. The molecule has 0 saturated heterocycles. The first kappa shape index (κ1) is 17.5. The summed E-state index contributed by atoms with van der Waals surface area (Å²) < 4.78 is 5.17. The Balaban J connectivity index is 2.08. The quantitative estimate of drug-likeness (QED) is 0.676. The van der Waals surface area contributed by atoms with Crippen molar-refractivity contribution in [1.82, 2.24) is 0 Å². The summed E-state index contributed by atoms with van der Waals surface area (Å²) >= 11 is 0. The average Bonchev–Trinajstić information content (AvgIpc) is 2.56. The predicted molar refractivity (Wildman–Crippen MR) is 94.9 cm³/mol. The second-order valence-corrected chi connectivity index (χ2v) is 5.81. The van der Waals surface area contributed by atoms with Gasteiger partial charge in [0.15, 0.2) is 6.61 Å². The number of esters is 1. The highest BCUT2D eigenvalue weighted by atomic mass is 16.5. The molecule has 0 saturated carbocycles. The number of ether oxygens (including phenoxy) is 1. The molecule has 5 nitrogen and oxygen atoms in total. The van der Waals surface area contributed by atoms with E-state index in [1.165, 1.54) is 0 Å². The summed E-state index contributed by atoms with van der Waals surface area (Å²) in [5.74, 6) is -0.878. The molecule has 2 rings (SSSR count). The summed E-state index contributed by atoms with van der Waals surface area (Å²) in [7, 11) is 0. The number of benzene rings is 2. The SMILES string of the molecule is Cc1cccc(C(=O)OCC(=O)N(c2ccccc2)C(C)C)c1N. The Kier molecular flexibility index (Phi) is 5.58. The topological polar surface area (TPSA) is 72.6 Å². The lowest BCUT2D eigenvalue weighted by atomic mass is 10.1. The first-order chi connectivity index (χ1) is 11.4. The minimum absolute atomic E-state index is 0.0531. The molecule has 0 fully saturated rings. The van der Waals surface area contributed by atoms with Crippen molar-refractivity contribution in [1.29, 1.82) is 0 Å². The smallest absolute Gasteiger partial charge is 0.340 e. The van der Waals surface area contributed by atoms with Crippen LogP contribution in [0.15, 0.2) is 48.5 Å². The van der Waals surface area contributed by atoms with E-state index < -0.39 is 5.97 Å². The van der Waals surface area contributed by atoms with E-state index in [4.69, 9.17) is 10.5 Å². The minimum Gasteiger partial charge on any atom is -0.452 e.